The standard InChI is InChI=1S/C16H21N3O/c1-12(2)16(20)18-14-7-4-6-13(10-14)17-11-15-8-5-9-19(15)3/h4-10,12,17H,11H2,1-3H3,(H,18,20). The Bertz CT molecular complexity index is 587. The third kappa shape index (κ3) is 3.63. The summed E-state index contributed by atoms with van der Waals surface area (Å²) in [6.45, 7) is 4.52. The molecule has 2 N–H and O–H groups in total. The average molecular weight is 271 g/mol. The number of nitrogens with one attached hydrogen (secondary N) is 2. The number of benzene rings is 1. The summed E-state index contributed by atoms with van der Waals surface area (Å²) in [6, 6.07) is 11.9. The van der Waals surface area contributed by atoms with Crippen molar-refractivity contribution in [2.75, 3.05) is 10.6 Å². The molecule has 0 bridgehead atoms. The second-order valence-electron chi connectivity index (χ2n) is 5.19. The molecule has 0 aliphatic carbocycles. The molecule has 0 aliphatic rings. The third-order valence-corrected chi connectivity index (χ3v) is 3.18. The lowest BCUT2D eigenvalue weighted by atomic mass is 10.2. The molecule has 0 radical (unpaired) electrons. The number of carbonyl (C=O) groups is 1. The Morgan fingerprint density at radius 3 is 2.60 bits per heavy atom. The highest BCUT2D eigenvalue weighted by atomic mass is 16.1. The van der Waals surface area contributed by atoms with Crippen LogP contribution >= 0.6 is 0 Å². The van der Waals surface area contributed by atoms with Gasteiger partial charge in [-0.05, 0) is 30.3 Å². The Balaban J connectivity index is 1.99. The Kier molecular flexibility index (Phi) is 4.45. The van der Waals surface area contributed by atoms with Crippen LogP contribution in [0.15, 0.2) is 42.6 Å². The fourth-order valence-corrected chi connectivity index (χ4v) is 1.87. The fourth-order valence-electron chi connectivity index (χ4n) is 1.87. The summed E-state index contributed by atoms with van der Waals surface area (Å²) in [7, 11) is 2.02. The van der Waals surface area contributed by atoms with Crippen LogP contribution in [0, 0.1) is 5.92 Å². The van der Waals surface area contributed by atoms with Crippen molar-refractivity contribution in [3.8, 4) is 0 Å². The van der Waals surface area contributed by atoms with Gasteiger partial charge < -0.3 is 15.2 Å². The fraction of sp³-hybridized carbons (Fsp3) is 0.312. The van der Waals surface area contributed by atoms with E-state index in [1.54, 1.807) is 0 Å². The largest absolute Gasteiger partial charge is 0.379 e. The summed E-state index contributed by atoms with van der Waals surface area (Å²) < 4.78 is 2.08. The molecule has 1 heterocycles. The zero-order chi connectivity index (χ0) is 14.5. The van der Waals surface area contributed by atoms with Gasteiger partial charge in [0.1, 0.15) is 0 Å². The van der Waals surface area contributed by atoms with Gasteiger partial charge in [0.15, 0.2) is 0 Å². The number of aryl methyl sites for hydroxylation is 1. The predicted molar refractivity (Wildman–Crippen MR) is 82.6 cm³/mol. The summed E-state index contributed by atoms with van der Waals surface area (Å²) in [5, 5.41) is 6.26. The van der Waals surface area contributed by atoms with Gasteiger partial charge in [0, 0.05) is 36.2 Å². The molecule has 106 valence electrons. The molecule has 1 aromatic heterocycles. The van der Waals surface area contributed by atoms with E-state index in [0.29, 0.717) is 0 Å². The molecule has 0 fully saturated rings. The lowest BCUT2D eigenvalue weighted by molar-refractivity contribution is -0.118. The maximum Gasteiger partial charge on any atom is 0.226 e. The minimum absolute atomic E-state index is 0.0185. The van der Waals surface area contributed by atoms with Crippen molar-refractivity contribution >= 4 is 17.3 Å². The van der Waals surface area contributed by atoms with Crippen molar-refractivity contribution < 1.29 is 4.79 Å². The second kappa shape index (κ2) is 6.28. The third-order valence-electron chi connectivity index (χ3n) is 3.18. The average Bonchev–Trinajstić information content (AvgIpc) is 2.82. The van der Waals surface area contributed by atoms with Crippen molar-refractivity contribution in [2.24, 2.45) is 13.0 Å². The summed E-state index contributed by atoms with van der Waals surface area (Å²) >= 11 is 0. The van der Waals surface area contributed by atoms with Gasteiger partial charge in [-0.15, -0.1) is 0 Å². The van der Waals surface area contributed by atoms with Crippen LogP contribution in [-0.4, -0.2) is 10.5 Å². The van der Waals surface area contributed by atoms with E-state index in [1.807, 2.05) is 57.4 Å². The van der Waals surface area contributed by atoms with Crippen LogP contribution in [-0.2, 0) is 18.4 Å². The number of hydrogen-bond acceptors (Lipinski definition) is 2. The molecule has 4 heteroatoms. The zero-order valence-electron chi connectivity index (χ0n) is 12.2. The molecule has 0 aliphatic heterocycles. The van der Waals surface area contributed by atoms with Gasteiger partial charge in [-0.1, -0.05) is 19.9 Å². The van der Waals surface area contributed by atoms with E-state index in [0.717, 1.165) is 17.9 Å². The normalized spacial score (nSPS) is 10.6. The van der Waals surface area contributed by atoms with Gasteiger partial charge in [-0.25, -0.2) is 0 Å². The molecular formula is C16H21N3O. The summed E-state index contributed by atoms with van der Waals surface area (Å²) in [4.78, 5) is 11.7. The molecular weight excluding hydrogens is 250 g/mol. The van der Waals surface area contributed by atoms with Crippen LogP contribution in [0.1, 0.15) is 19.5 Å². The molecule has 0 atom stereocenters. The summed E-state index contributed by atoms with van der Waals surface area (Å²) in [5.74, 6) is 0.0135. The van der Waals surface area contributed by atoms with E-state index >= 15 is 0 Å². The zero-order valence-corrected chi connectivity index (χ0v) is 12.2. The number of anilines is 2. The first-order valence-corrected chi connectivity index (χ1v) is 6.81. The van der Waals surface area contributed by atoms with Crippen molar-refractivity contribution in [2.45, 2.75) is 20.4 Å². The van der Waals surface area contributed by atoms with Gasteiger partial charge in [0.2, 0.25) is 5.91 Å². The Morgan fingerprint density at radius 2 is 1.95 bits per heavy atom. The van der Waals surface area contributed by atoms with Crippen molar-refractivity contribution in [1.82, 2.24) is 4.57 Å². The SMILES string of the molecule is CC(C)C(=O)Nc1cccc(NCc2cccn2C)c1. The number of aromatic nitrogens is 1. The predicted octanol–water partition coefficient (Wildman–Crippen LogP) is 3.23. The van der Waals surface area contributed by atoms with E-state index < -0.39 is 0 Å². The number of nitrogens with zero attached hydrogens (tertiary/aromatic N) is 1. The van der Waals surface area contributed by atoms with Crippen molar-refractivity contribution in [1.29, 1.82) is 0 Å². The van der Waals surface area contributed by atoms with Crippen molar-refractivity contribution in [3.05, 3.63) is 48.3 Å². The molecule has 0 saturated heterocycles. The van der Waals surface area contributed by atoms with Crippen LogP contribution in [0.5, 0.6) is 0 Å². The van der Waals surface area contributed by atoms with Crippen LogP contribution in [0.4, 0.5) is 11.4 Å². The first-order valence-electron chi connectivity index (χ1n) is 6.81. The van der Waals surface area contributed by atoms with E-state index in [1.165, 1.54) is 5.69 Å². The van der Waals surface area contributed by atoms with Gasteiger partial charge in [0.25, 0.3) is 0 Å². The second-order valence-corrected chi connectivity index (χ2v) is 5.19. The minimum atomic E-state index is -0.0185. The Morgan fingerprint density at radius 1 is 1.20 bits per heavy atom. The van der Waals surface area contributed by atoms with Crippen LogP contribution in [0.2, 0.25) is 0 Å². The number of amides is 1. The summed E-state index contributed by atoms with van der Waals surface area (Å²) in [6.07, 6.45) is 2.02. The minimum Gasteiger partial charge on any atom is -0.379 e. The van der Waals surface area contributed by atoms with Crippen LogP contribution in [0.25, 0.3) is 0 Å². The van der Waals surface area contributed by atoms with Gasteiger partial charge in [0.05, 0.1) is 6.54 Å². The Hall–Kier alpha value is -2.23. The lowest BCUT2D eigenvalue weighted by Crippen LogP contribution is -2.17. The van der Waals surface area contributed by atoms with Gasteiger partial charge >= 0.3 is 0 Å². The number of carbonyl (C=O) groups excluding carboxylic acids is 1. The van der Waals surface area contributed by atoms with Gasteiger partial charge in [-0.3, -0.25) is 4.79 Å². The molecule has 20 heavy (non-hydrogen) atoms. The highest BCUT2D eigenvalue weighted by Crippen LogP contribution is 2.16. The molecule has 0 unspecified atom stereocenters. The van der Waals surface area contributed by atoms with E-state index in [-0.39, 0.29) is 11.8 Å². The smallest absolute Gasteiger partial charge is 0.226 e. The Labute approximate surface area is 119 Å². The maximum absolute atomic E-state index is 11.7. The number of hydrogen-bond donors (Lipinski definition) is 2. The number of rotatable bonds is 5. The van der Waals surface area contributed by atoms with E-state index in [9.17, 15) is 4.79 Å². The van der Waals surface area contributed by atoms with Crippen LogP contribution < -0.4 is 10.6 Å². The molecule has 0 saturated carbocycles. The molecule has 2 rings (SSSR count). The highest BCUT2D eigenvalue weighted by molar-refractivity contribution is 5.92. The van der Waals surface area contributed by atoms with Crippen LogP contribution in [0.3, 0.4) is 0 Å². The molecule has 1 amide bonds. The molecule has 0 spiro atoms. The molecule has 2 aromatic rings. The molecule has 4 nitrogen and oxygen atoms in total. The van der Waals surface area contributed by atoms with E-state index in [2.05, 4.69) is 21.3 Å². The topological polar surface area (TPSA) is 46.1 Å². The summed E-state index contributed by atoms with van der Waals surface area (Å²) in [5.41, 5.74) is 3.02. The highest BCUT2D eigenvalue weighted by Gasteiger charge is 2.07. The maximum atomic E-state index is 11.7. The van der Waals surface area contributed by atoms with Gasteiger partial charge in [-0.2, -0.15) is 0 Å². The van der Waals surface area contributed by atoms with E-state index in [4.69, 9.17) is 0 Å². The monoisotopic (exact) mass is 271 g/mol. The lowest BCUT2D eigenvalue weighted by Gasteiger charge is -2.11. The first-order chi connectivity index (χ1) is 9.56. The first kappa shape index (κ1) is 14.2. The molecule has 1 aromatic carbocycles. The van der Waals surface area contributed by atoms with Crippen molar-refractivity contribution in [3.63, 3.8) is 0 Å². The quantitative estimate of drug-likeness (QED) is 0.877.